The molecular weight excluding hydrogens is 402 g/mol. The van der Waals surface area contributed by atoms with Gasteiger partial charge in [-0.2, -0.15) is 5.10 Å². The van der Waals surface area contributed by atoms with Crippen molar-refractivity contribution in [2.75, 3.05) is 5.32 Å². The van der Waals surface area contributed by atoms with Gasteiger partial charge in [0.05, 0.1) is 23.0 Å². The third-order valence-corrected chi connectivity index (χ3v) is 4.79. The number of aryl methyl sites for hydroxylation is 3. The highest BCUT2D eigenvalue weighted by atomic mass is 32.1. The highest BCUT2D eigenvalue weighted by molar-refractivity contribution is 7.80. The number of thiocarbonyl (C=S) groups is 1. The van der Waals surface area contributed by atoms with E-state index < -0.39 is 5.97 Å². The Labute approximate surface area is 178 Å². The number of H-pyrrole nitrogens is 1. The van der Waals surface area contributed by atoms with Gasteiger partial charge in [0.1, 0.15) is 0 Å². The second-order valence-electron chi connectivity index (χ2n) is 6.77. The predicted octanol–water partition coefficient (Wildman–Crippen LogP) is 3.11. The minimum absolute atomic E-state index is 0.140. The summed E-state index contributed by atoms with van der Waals surface area (Å²) < 4.78 is 1.47. The number of carboxylic acid groups (broad SMARTS) is 1. The molecule has 0 radical (unpaired) electrons. The molecule has 3 rings (SSSR count). The van der Waals surface area contributed by atoms with Crippen LogP contribution in [0.5, 0.6) is 0 Å². The van der Waals surface area contributed by atoms with Crippen LogP contribution in [0.1, 0.15) is 32.7 Å². The van der Waals surface area contributed by atoms with Crippen LogP contribution >= 0.6 is 12.2 Å². The summed E-state index contributed by atoms with van der Waals surface area (Å²) in [5, 5.41) is 19.1. The van der Waals surface area contributed by atoms with Gasteiger partial charge in [0.25, 0.3) is 5.56 Å². The summed E-state index contributed by atoms with van der Waals surface area (Å²) in [6.07, 6.45) is 1.40. The van der Waals surface area contributed by atoms with Crippen LogP contribution in [-0.4, -0.2) is 32.2 Å². The van der Waals surface area contributed by atoms with E-state index >= 15 is 0 Å². The number of benzene rings is 2. The molecule has 2 aromatic carbocycles. The summed E-state index contributed by atoms with van der Waals surface area (Å²) in [6, 6.07) is 12.0. The summed E-state index contributed by atoms with van der Waals surface area (Å²) in [4.78, 5) is 23.8. The third-order valence-electron chi connectivity index (χ3n) is 4.59. The van der Waals surface area contributed by atoms with E-state index in [0.717, 1.165) is 16.8 Å². The number of hydrazone groups is 1. The Morgan fingerprint density at radius 1 is 1.17 bits per heavy atom. The molecule has 1 aromatic heterocycles. The summed E-state index contributed by atoms with van der Waals surface area (Å²) in [6.45, 7) is 5.79. The van der Waals surface area contributed by atoms with Crippen molar-refractivity contribution in [3.63, 3.8) is 0 Å². The molecule has 0 bridgehead atoms. The minimum atomic E-state index is -1.03. The van der Waals surface area contributed by atoms with Gasteiger partial charge in [-0.25, -0.2) is 9.48 Å². The molecule has 1 heterocycles. The van der Waals surface area contributed by atoms with Crippen molar-refractivity contribution >= 4 is 35.2 Å². The Hall–Kier alpha value is -3.72. The first kappa shape index (κ1) is 21.0. The van der Waals surface area contributed by atoms with Crippen LogP contribution in [0.2, 0.25) is 0 Å². The highest BCUT2D eigenvalue weighted by Crippen LogP contribution is 2.13. The lowest BCUT2D eigenvalue weighted by atomic mass is 10.1. The van der Waals surface area contributed by atoms with Gasteiger partial charge >= 0.3 is 5.97 Å². The maximum Gasteiger partial charge on any atom is 0.335 e. The van der Waals surface area contributed by atoms with Gasteiger partial charge in [0.15, 0.2) is 5.11 Å². The fourth-order valence-corrected chi connectivity index (χ4v) is 2.97. The van der Waals surface area contributed by atoms with Crippen molar-refractivity contribution in [3.05, 3.63) is 80.8 Å². The van der Waals surface area contributed by atoms with Crippen molar-refractivity contribution in [3.8, 4) is 5.69 Å². The van der Waals surface area contributed by atoms with Crippen LogP contribution in [0, 0.1) is 20.8 Å². The summed E-state index contributed by atoms with van der Waals surface area (Å²) in [5.74, 6) is -1.03. The Kier molecular flexibility index (Phi) is 6.12. The first-order valence-electron chi connectivity index (χ1n) is 9.09. The van der Waals surface area contributed by atoms with Crippen LogP contribution in [0.25, 0.3) is 5.69 Å². The maximum atomic E-state index is 12.8. The lowest BCUT2D eigenvalue weighted by Crippen LogP contribution is -2.24. The van der Waals surface area contributed by atoms with Crippen LogP contribution in [0.15, 0.2) is 52.4 Å². The van der Waals surface area contributed by atoms with Crippen LogP contribution < -0.4 is 16.3 Å². The number of nitrogens with zero attached hydrogens (tertiary/aromatic N) is 2. The molecule has 0 atom stereocenters. The zero-order valence-electron chi connectivity index (χ0n) is 16.7. The van der Waals surface area contributed by atoms with Gasteiger partial charge in [-0.05, 0) is 74.4 Å². The number of anilines is 1. The number of rotatable bonds is 5. The monoisotopic (exact) mass is 423 g/mol. The summed E-state index contributed by atoms with van der Waals surface area (Å²) in [7, 11) is 0. The van der Waals surface area contributed by atoms with Gasteiger partial charge in [-0.1, -0.05) is 12.1 Å². The van der Waals surface area contributed by atoms with E-state index in [1.165, 1.54) is 23.0 Å². The van der Waals surface area contributed by atoms with Crippen LogP contribution in [0.3, 0.4) is 0 Å². The standard InChI is InChI=1S/C21H21N5O3S/c1-12-7-8-17(9-13(12)2)26-19(27)18(14(3)25-26)11-22-24-21(30)23-16-6-4-5-15(10-16)20(28)29/h4-11,25H,1-3H3,(H,28,29)(H2,23,24,30). The number of aromatic nitrogens is 2. The lowest BCUT2D eigenvalue weighted by Gasteiger charge is -2.07. The van der Waals surface area contributed by atoms with Gasteiger partial charge in [0.2, 0.25) is 0 Å². The number of hydrogen-bond donors (Lipinski definition) is 4. The van der Waals surface area contributed by atoms with Gasteiger partial charge in [-0.15, -0.1) is 0 Å². The normalized spacial score (nSPS) is 10.9. The van der Waals surface area contributed by atoms with E-state index in [-0.39, 0.29) is 16.2 Å². The van der Waals surface area contributed by atoms with E-state index in [9.17, 15) is 9.59 Å². The van der Waals surface area contributed by atoms with Crippen LogP contribution in [-0.2, 0) is 0 Å². The zero-order valence-corrected chi connectivity index (χ0v) is 17.5. The molecule has 9 heteroatoms. The Bertz CT molecular complexity index is 1210. The molecule has 0 saturated heterocycles. The second-order valence-corrected chi connectivity index (χ2v) is 7.18. The number of carboxylic acids is 1. The van der Waals surface area contributed by atoms with Crippen molar-refractivity contribution in [1.82, 2.24) is 15.2 Å². The molecule has 0 amide bonds. The second kappa shape index (κ2) is 8.75. The zero-order chi connectivity index (χ0) is 21.8. The Balaban J connectivity index is 1.72. The van der Waals surface area contributed by atoms with Gasteiger partial charge in [-0.3, -0.25) is 15.3 Å². The summed E-state index contributed by atoms with van der Waals surface area (Å²) in [5.41, 5.74) is 7.10. The van der Waals surface area contributed by atoms with Crippen molar-refractivity contribution in [2.45, 2.75) is 20.8 Å². The first-order valence-corrected chi connectivity index (χ1v) is 9.49. The van der Waals surface area contributed by atoms with Crippen molar-refractivity contribution in [1.29, 1.82) is 0 Å². The van der Waals surface area contributed by atoms with E-state index in [4.69, 9.17) is 17.3 Å². The molecule has 0 saturated carbocycles. The molecule has 0 aliphatic rings. The van der Waals surface area contributed by atoms with E-state index in [0.29, 0.717) is 16.9 Å². The maximum absolute atomic E-state index is 12.8. The fourth-order valence-electron chi connectivity index (χ4n) is 2.80. The van der Waals surface area contributed by atoms with Crippen molar-refractivity contribution in [2.24, 2.45) is 5.10 Å². The van der Waals surface area contributed by atoms with Gasteiger partial charge < -0.3 is 10.4 Å². The molecule has 0 spiro atoms. The van der Waals surface area contributed by atoms with E-state index in [1.807, 2.05) is 32.0 Å². The summed E-state index contributed by atoms with van der Waals surface area (Å²) >= 11 is 5.16. The first-order chi connectivity index (χ1) is 14.3. The molecule has 0 aliphatic heterocycles. The average Bonchev–Trinajstić information content (AvgIpc) is 2.98. The fraction of sp³-hybridized carbons (Fsp3) is 0.143. The van der Waals surface area contributed by atoms with E-state index in [1.54, 1.807) is 19.1 Å². The largest absolute Gasteiger partial charge is 0.478 e. The molecule has 0 unspecified atom stereocenters. The molecule has 8 nitrogen and oxygen atoms in total. The predicted molar refractivity (Wildman–Crippen MR) is 121 cm³/mol. The van der Waals surface area contributed by atoms with Crippen LogP contribution in [0.4, 0.5) is 5.69 Å². The SMILES string of the molecule is Cc1ccc(-n2[nH]c(C)c(C=NNC(=S)Nc3cccc(C(=O)O)c3)c2=O)cc1C. The number of aromatic carboxylic acids is 1. The number of hydrogen-bond acceptors (Lipinski definition) is 4. The molecule has 0 aliphatic carbocycles. The van der Waals surface area contributed by atoms with E-state index in [2.05, 4.69) is 20.9 Å². The molecule has 4 N–H and O–H groups in total. The molecule has 3 aromatic rings. The Morgan fingerprint density at radius 2 is 1.93 bits per heavy atom. The molecule has 0 fully saturated rings. The highest BCUT2D eigenvalue weighted by Gasteiger charge is 2.11. The number of aromatic amines is 1. The van der Waals surface area contributed by atoms with Gasteiger partial charge in [0, 0.05) is 11.4 Å². The minimum Gasteiger partial charge on any atom is -0.478 e. The Morgan fingerprint density at radius 3 is 2.63 bits per heavy atom. The molecular formula is C21H21N5O3S. The molecule has 30 heavy (non-hydrogen) atoms. The third kappa shape index (κ3) is 4.64. The topological polar surface area (TPSA) is 112 Å². The molecule has 154 valence electrons. The smallest absolute Gasteiger partial charge is 0.335 e. The van der Waals surface area contributed by atoms with Crippen molar-refractivity contribution < 1.29 is 9.90 Å². The number of carbonyl (C=O) groups is 1. The average molecular weight is 423 g/mol. The number of nitrogens with one attached hydrogen (secondary N) is 3. The quantitative estimate of drug-likeness (QED) is 0.285. The lowest BCUT2D eigenvalue weighted by molar-refractivity contribution is 0.0697.